The quantitative estimate of drug-likeness (QED) is 0.609. The van der Waals surface area contributed by atoms with Gasteiger partial charge in [-0.1, -0.05) is 48.0 Å². The van der Waals surface area contributed by atoms with Gasteiger partial charge in [0.2, 0.25) is 0 Å². The third-order valence-electron chi connectivity index (χ3n) is 4.28. The van der Waals surface area contributed by atoms with Gasteiger partial charge in [0.25, 0.3) is 0 Å². The van der Waals surface area contributed by atoms with Crippen molar-refractivity contribution in [3.05, 3.63) is 94.8 Å². The van der Waals surface area contributed by atoms with Crippen LogP contribution in [0.15, 0.2) is 66.7 Å². The minimum absolute atomic E-state index is 0.218. The van der Waals surface area contributed by atoms with Crippen LogP contribution in [-0.4, -0.2) is 7.11 Å². The van der Waals surface area contributed by atoms with E-state index in [0.717, 1.165) is 22.4 Å². The maximum absolute atomic E-state index is 12.9. The van der Waals surface area contributed by atoms with E-state index < -0.39 is 0 Å². The van der Waals surface area contributed by atoms with E-state index in [1.165, 1.54) is 17.7 Å². The molecule has 0 heterocycles. The summed E-state index contributed by atoms with van der Waals surface area (Å²) in [6.07, 6.45) is 0. The molecule has 1 N–H and O–H groups in total. The van der Waals surface area contributed by atoms with Crippen LogP contribution in [0, 0.1) is 12.7 Å². The van der Waals surface area contributed by atoms with E-state index in [1.54, 1.807) is 19.2 Å². The number of nitrogens with one attached hydrogen (secondary N) is 1. The average Bonchev–Trinajstić information content (AvgIpc) is 2.68. The number of ether oxygens (including phenoxy) is 2. The lowest BCUT2D eigenvalue weighted by atomic mass is 10.1. The number of halogens is 1. The monoisotopic (exact) mass is 365 g/mol. The Hall–Kier alpha value is -2.85. The first-order chi connectivity index (χ1) is 13.1. The van der Waals surface area contributed by atoms with E-state index in [1.807, 2.05) is 30.3 Å². The lowest BCUT2D eigenvalue weighted by molar-refractivity contribution is 0.284. The van der Waals surface area contributed by atoms with Crippen LogP contribution >= 0.6 is 0 Å². The SMILES string of the molecule is COc1cc(CNCc2ccc(F)cc2)ccc1OCc1cccc(C)c1. The van der Waals surface area contributed by atoms with E-state index in [0.29, 0.717) is 25.4 Å². The number of benzene rings is 3. The molecule has 0 aliphatic rings. The van der Waals surface area contributed by atoms with E-state index in [9.17, 15) is 4.39 Å². The fourth-order valence-electron chi connectivity index (χ4n) is 2.86. The van der Waals surface area contributed by atoms with Crippen molar-refractivity contribution in [2.75, 3.05) is 7.11 Å². The summed E-state index contributed by atoms with van der Waals surface area (Å²) in [5.74, 6) is 1.22. The van der Waals surface area contributed by atoms with Gasteiger partial charge >= 0.3 is 0 Å². The van der Waals surface area contributed by atoms with Crippen LogP contribution in [-0.2, 0) is 19.7 Å². The summed E-state index contributed by atoms with van der Waals surface area (Å²) >= 11 is 0. The van der Waals surface area contributed by atoms with Crippen molar-refractivity contribution >= 4 is 0 Å². The van der Waals surface area contributed by atoms with Gasteiger partial charge in [-0.3, -0.25) is 0 Å². The highest BCUT2D eigenvalue weighted by Gasteiger charge is 2.07. The second-order valence-electron chi connectivity index (χ2n) is 6.49. The number of hydrogen-bond donors (Lipinski definition) is 1. The lowest BCUT2D eigenvalue weighted by Crippen LogP contribution is -2.12. The largest absolute Gasteiger partial charge is 0.493 e. The molecule has 0 aromatic heterocycles. The summed E-state index contributed by atoms with van der Waals surface area (Å²) in [7, 11) is 1.64. The standard InChI is InChI=1S/C23H24FNO2/c1-17-4-3-5-20(12-17)16-27-22-11-8-19(13-23(22)26-2)15-25-14-18-6-9-21(24)10-7-18/h3-13,25H,14-16H2,1-2H3. The van der Waals surface area contributed by atoms with Crippen molar-refractivity contribution in [3.8, 4) is 11.5 Å². The third kappa shape index (κ3) is 5.56. The molecule has 3 rings (SSSR count). The van der Waals surface area contributed by atoms with Gasteiger partial charge in [-0.2, -0.15) is 0 Å². The van der Waals surface area contributed by atoms with Gasteiger partial charge in [0.05, 0.1) is 7.11 Å². The average molecular weight is 365 g/mol. The number of aryl methyl sites for hydroxylation is 1. The molecule has 3 aromatic carbocycles. The Morgan fingerprint density at radius 2 is 1.56 bits per heavy atom. The molecular weight excluding hydrogens is 341 g/mol. The van der Waals surface area contributed by atoms with Crippen LogP contribution in [0.2, 0.25) is 0 Å². The zero-order valence-electron chi connectivity index (χ0n) is 15.7. The van der Waals surface area contributed by atoms with Crippen molar-refractivity contribution < 1.29 is 13.9 Å². The van der Waals surface area contributed by atoms with Crippen LogP contribution in [0.5, 0.6) is 11.5 Å². The van der Waals surface area contributed by atoms with Crippen molar-refractivity contribution in [2.24, 2.45) is 0 Å². The van der Waals surface area contributed by atoms with Gasteiger partial charge in [-0.25, -0.2) is 4.39 Å². The first-order valence-corrected chi connectivity index (χ1v) is 8.94. The molecule has 0 saturated heterocycles. The molecule has 0 unspecified atom stereocenters. The van der Waals surface area contributed by atoms with E-state index in [-0.39, 0.29) is 5.82 Å². The van der Waals surface area contributed by atoms with Gasteiger partial charge in [0.15, 0.2) is 11.5 Å². The van der Waals surface area contributed by atoms with Crippen LogP contribution < -0.4 is 14.8 Å². The summed E-state index contributed by atoms with van der Waals surface area (Å²) in [5.41, 5.74) is 4.48. The third-order valence-corrected chi connectivity index (χ3v) is 4.28. The number of hydrogen-bond acceptors (Lipinski definition) is 3. The van der Waals surface area contributed by atoms with Crippen molar-refractivity contribution in [3.63, 3.8) is 0 Å². The van der Waals surface area contributed by atoms with Gasteiger partial charge in [-0.05, 0) is 47.9 Å². The smallest absolute Gasteiger partial charge is 0.161 e. The molecule has 3 aromatic rings. The van der Waals surface area contributed by atoms with Crippen molar-refractivity contribution in [1.82, 2.24) is 5.32 Å². The van der Waals surface area contributed by atoms with Crippen molar-refractivity contribution in [1.29, 1.82) is 0 Å². The van der Waals surface area contributed by atoms with E-state index >= 15 is 0 Å². The zero-order chi connectivity index (χ0) is 19.1. The molecule has 0 atom stereocenters. The highest BCUT2D eigenvalue weighted by atomic mass is 19.1. The van der Waals surface area contributed by atoms with Crippen LogP contribution in [0.4, 0.5) is 4.39 Å². The molecule has 0 amide bonds. The molecule has 0 saturated carbocycles. The zero-order valence-corrected chi connectivity index (χ0v) is 15.7. The Morgan fingerprint density at radius 3 is 2.30 bits per heavy atom. The van der Waals surface area contributed by atoms with Crippen LogP contribution in [0.3, 0.4) is 0 Å². The Labute approximate surface area is 159 Å². The fourth-order valence-corrected chi connectivity index (χ4v) is 2.86. The molecule has 27 heavy (non-hydrogen) atoms. The molecule has 0 bridgehead atoms. The number of methoxy groups -OCH3 is 1. The first-order valence-electron chi connectivity index (χ1n) is 8.94. The second-order valence-corrected chi connectivity index (χ2v) is 6.49. The van der Waals surface area contributed by atoms with E-state index in [4.69, 9.17) is 9.47 Å². The minimum Gasteiger partial charge on any atom is -0.493 e. The van der Waals surface area contributed by atoms with E-state index in [2.05, 4.69) is 24.4 Å². The molecule has 0 spiro atoms. The Bertz CT molecular complexity index is 878. The maximum atomic E-state index is 12.9. The first kappa shape index (κ1) is 18.9. The maximum Gasteiger partial charge on any atom is 0.161 e. The molecule has 0 aliphatic carbocycles. The van der Waals surface area contributed by atoms with Crippen LogP contribution in [0.1, 0.15) is 22.3 Å². The summed E-state index contributed by atoms with van der Waals surface area (Å²) in [6, 6.07) is 20.7. The summed E-state index contributed by atoms with van der Waals surface area (Å²) in [5, 5.41) is 3.35. The summed E-state index contributed by atoms with van der Waals surface area (Å²) < 4.78 is 24.3. The predicted molar refractivity (Wildman–Crippen MR) is 105 cm³/mol. The minimum atomic E-state index is -0.218. The van der Waals surface area contributed by atoms with Gasteiger partial charge in [-0.15, -0.1) is 0 Å². The number of rotatable bonds is 8. The highest BCUT2D eigenvalue weighted by molar-refractivity contribution is 5.43. The predicted octanol–water partition coefficient (Wildman–Crippen LogP) is 5.01. The molecule has 3 nitrogen and oxygen atoms in total. The molecule has 0 radical (unpaired) electrons. The van der Waals surface area contributed by atoms with Crippen molar-refractivity contribution in [2.45, 2.75) is 26.6 Å². The van der Waals surface area contributed by atoms with Crippen LogP contribution in [0.25, 0.3) is 0 Å². The molecule has 140 valence electrons. The normalized spacial score (nSPS) is 10.6. The fraction of sp³-hybridized carbons (Fsp3) is 0.217. The Morgan fingerprint density at radius 1 is 0.815 bits per heavy atom. The van der Waals surface area contributed by atoms with Gasteiger partial charge in [0, 0.05) is 13.1 Å². The molecule has 0 fully saturated rings. The highest BCUT2D eigenvalue weighted by Crippen LogP contribution is 2.29. The lowest BCUT2D eigenvalue weighted by Gasteiger charge is -2.13. The molecule has 4 heteroatoms. The second kappa shape index (κ2) is 9.19. The van der Waals surface area contributed by atoms with Gasteiger partial charge in [0.1, 0.15) is 12.4 Å². The molecule has 0 aliphatic heterocycles. The molecular formula is C23H24FNO2. The Balaban J connectivity index is 1.57. The summed E-state index contributed by atoms with van der Waals surface area (Å²) in [6.45, 7) is 3.93. The topological polar surface area (TPSA) is 30.5 Å². The van der Waals surface area contributed by atoms with Gasteiger partial charge < -0.3 is 14.8 Å². The Kier molecular flexibility index (Phi) is 6.44. The summed E-state index contributed by atoms with van der Waals surface area (Å²) in [4.78, 5) is 0.